The van der Waals surface area contributed by atoms with E-state index in [4.69, 9.17) is 4.42 Å². The number of allylic oxidation sites excluding steroid dienone is 4. The molecule has 0 aliphatic rings. The molecule has 1 aromatic carbocycles. The Balaban J connectivity index is 1.58. The van der Waals surface area contributed by atoms with Gasteiger partial charge in [-0.2, -0.15) is 0 Å². The maximum atomic E-state index is 12.1. The highest BCUT2D eigenvalue weighted by molar-refractivity contribution is 5.88. The van der Waals surface area contributed by atoms with Gasteiger partial charge in [-0.05, 0) is 56.0 Å². The number of fused-ring (bicyclic) bond motifs is 1. The lowest BCUT2D eigenvalue weighted by molar-refractivity contribution is 0.440. The second-order valence-electron chi connectivity index (χ2n) is 7.91. The van der Waals surface area contributed by atoms with Crippen molar-refractivity contribution in [3.8, 4) is 11.5 Å². The van der Waals surface area contributed by atoms with Crippen LogP contribution in [-0.4, -0.2) is 10.2 Å². The molecule has 4 nitrogen and oxygen atoms in total. The predicted molar refractivity (Wildman–Crippen MR) is 124 cm³/mol. The SMILES string of the molecule is CCCCC/C=C\C/C=C\CCCCCCCc1cc2cc(O)cc(O)c2c(=O)o1. The summed E-state index contributed by atoms with van der Waals surface area (Å²) in [6.45, 7) is 2.23. The molecule has 0 atom stereocenters. The topological polar surface area (TPSA) is 70.7 Å². The molecule has 0 bridgehead atoms. The van der Waals surface area contributed by atoms with Gasteiger partial charge in [0.2, 0.25) is 0 Å². The molecule has 0 amide bonds. The van der Waals surface area contributed by atoms with Crippen molar-refractivity contribution >= 4 is 10.8 Å². The number of unbranched alkanes of at least 4 members (excludes halogenated alkanes) is 8. The van der Waals surface area contributed by atoms with Crippen molar-refractivity contribution < 1.29 is 14.6 Å². The molecule has 0 saturated heterocycles. The number of aryl methyl sites for hydroxylation is 1. The third-order valence-corrected chi connectivity index (χ3v) is 5.25. The molecule has 2 N–H and O–H groups in total. The summed E-state index contributed by atoms with van der Waals surface area (Å²) in [6.07, 6.45) is 22.7. The van der Waals surface area contributed by atoms with Crippen LogP contribution in [0.15, 0.2) is 51.7 Å². The molecule has 0 unspecified atom stereocenters. The van der Waals surface area contributed by atoms with E-state index < -0.39 is 5.63 Å². The summed E-state index contributed by atoms with van der Waals surface area (Å²) in [5.41, 5.74) is -0.553. The molecule has 1 aromatic heterocycles. The van der Waals surface area contributed by atoms with E-state index in [1.807, 2.05) is 0 Å². The largest absolute Gasteiger partial charge is 0.508 e. The fourth-order valence-corrected chi connectivity index (χ4v) is 3.58. The first kappa shape index (κ1) is 23.8. The summed E-state index contributed by atoms with van der Waals surface area (Å²) in [5, 5.41) is 20.1. The Hall–Kier alpha value is -2.49. The Morgan fingerprint density at radius 3 is 2.23 bits per heavy atom. The number of hydrogen-bond acceptors (Lipinski definition) is 4. The minimum absolute atomic E-state index is 0.0615. The van der Waals surface area contributed by atoms with E-state index in [1.165, 1.54) is 51.0 Å². The number of phenols is 2. The Morgan fingerprint density at radius 2 is 1.50 bits per heavy atom. The number of benzene rings is 1. The average Bonchev–Trinajstić information content (AvgIpc) is 2.70. The molecular weight excluding hydrogens is 376 g/mol. The van der Waals surface area contributed by atoms with Crippen LogP contribution < -0.4 is 5.63 Å². The smallest absolute Gasteiger partial charge is 0.347 e. The predicted octanol–water partition coefficient (Wildman–Crippen LogP) is 7.17. The molecule has 1 heterocycles. The Morgan fingerprint density at radius 1 is 0.833 bits per heavy atom. The molecule has 0 radical (unpaired) electrons. The van der Waals surface area contributed by atoms with E-state index >= 15 is 0 Å². The maximum Gasteiger partial charge on any atom is 0.347 e. The van der Waals surface area contributed by atoms with Gasteiger partial charge in [0, 0.05) is 12.5 Å². The van der Waals surface area contributed by atoms with Crippen LogP contribution in [0, 0.1) is 0 Å². The number of rotatable bonds is 14. The van der Waals surface area contributed by atoms with Crippen LogP contribution in [0.1, 0.15) is 83.3 Å². The molecule has 30 heavy (non-hydrogen) atoms. The van der Waals surface area contributed by atoms with E-state index in [0.717, 1.165) is 31.7 Å². The standard InChI is InChI=1S/C26H36O4/c1-2-3-4-5-6-7-8-9-10-11-12-13-14-15-16-17-23-19-21-18-22(27)20-24(28)25(21)26(29)30-23/h6-7,9-10,18-20,27-28H,2-5,8,11-17H2,1H3/b7-6-,10-9-. The fraction of sp³-hybridized carbons (Fsp3) is 0.500. The van der Waals surface area contributed by atoms with Crippen LogP contribution in [0.3, 0.4) is 0 Å². The molecule has 0 fully saturated rings. The molecule has 0 aliphatic carbocycles. The third kappa shape index (κ3) is 8.48. The quantitative estimate of drug-likeness (QED) is 0.255. The highest BCUT2D eigenvalue weighted by atomic mass is 16.4. The van der Waals surface area contributed by atoms with Crippen molar-refractivity contribution in [2.75, 3.05) is 0 Å². The fourth-order valence-electron chi connectivity index (χ4n) is 3.58. The molecular formula is C26H36O4. The Bertz CT molecular complexity index is 876. The molecule has 0 aliphatic heterocycles. The van der Waals surface area contributed by atoms with Crippen LogP contribution in [0.2, 0.25) is 0 Å². The van der Waals surface area contributed by atoms with Gasteiger partial charge in [0.15, 0.2) is 0 Å². The normalized spacial score (nSPS) is 11.9. The summed E-state index contributed by atoms with van der Waals surface area (Å²) in [7, 11) is 0. The molecule has 2 aromatic rings. The van der Waals surface area contributed by atoms with E-state index in [0.29, 0.717) is 17.6 Å². The van der Waals surface area contributed by atoms with Crippen molar-refractivity contribution in [3.63, 3.8) is 0 Å². The first-order valence-electron chi connectivity index (χ1n) is 11.4. The zero-order valence-corrected chi connectivity index (χ0v) is 18.2. The Labute approximate surface area is 179 Å². The summed E-state index contributed by atoms with van der Waals surface area (Å²) >= 11 is 0. The Kier molecular flexibility index (Phi) is 10.8. The summed E-state index contributed by atoms with van der Waals surface area (Å²) in [5.74, 6) is 0.291. The van der Waals surface area contributed by atoms with Crippen molar-refractivity contribution in [1.82, 2.24) is 0 Å². The van der Waals surface area contributed by atoms with Gasteiger partial charge in [0.05, 0.1) is 0 Å². The summed E-state index contributed by atoms with van der Waals surface area (Å²) in [6, 6.07) is 4.37. The van der Waals surface area contributed by atoms with Crippen molar-refractivity contribution in [2.24, 2.45) is 0 Å². The van der Waals surface area contributed by atoms with Gasteiger partial charge < -0.3 is 14.6 Å². The summed E-state index contributed by atoms with van der Waals surface area (Å²) in [4.78, 5) is 12.1. The molecule has 2 rings (SSSR count). The van der Waals surface area contributed by atoms with Gasteiger partial charge in [0.25, 0.3) is 0 Å². The van der Waals surface area contributed by atoms with E-state index in [9.17, 15) is 15.0 Å². The molecule has 4 heteroatoms. The molecule has 0 spiro atoms. The zero-order chi connectivity index (χ0) is 21.6. The van der Waals surface area contributed by atoms with Gasteiger partial charge in [0.1, 0.15) is 22.6 Å². The lowest BCUT2D eigenvalue weighted by Gasteiger charge is -2.05. The van der Waals surface area contributed by atoms with Crippen LogP contribution in [0.5, 0.6) is 11.5 Å². The molecule has 0 saturated carbocycles. The maximum absolute atomic E-state index is 12.1. The lowest BCUT2D eigenvalue weighted by Crippen LogP contribution is -2.02. The van der Waals surface area contributed by atoms with Crippen molar-refractivity contribution in [2.45, 2.75) is 84.0 Å². The van der Waals surface area contributed by atoms with Crippen molar-refractivity contribution in [3.05, 3.63) is 58.7 Å². The van der Waals surface area contributed by atoms with Gasteiger partial charge in [-0.15, -0.1) is 0 Å². The van der Waals surface area contributed by atoms with E-state index in [2.05, 4.69) is 31.2 Å². The monoisotopic (exact) mass is 412 g/mol. The van der Waals surface area contributed by atoms with Crippen LogP contribution >= 0.6 is 0 Å². The second kappa shape index (κ2) is 13.7. The lowest BCUT2D eigenvalue weighted by atomic mass is 10.1. The molecule has 164 valence electrons. The second-order valence-corrected chi connectivity index (χ2v) is 7.91. The van der Waals surface area contributed by atoms with Gasteiger partial charge >= 0.3 is 5.63 Å². The number of aromatic hydroxyl groups is 2. The highest BCUT2D eigenvalue weighted by Crippen LogP contribution is 2.28. The minimum atomic E-state index is -0.553. The number of hydrogen-bond donors (Lipinski definition) is 2. The van der Waals surface area contributed by atoms with Crippen LogP contribution in [-0.2, 0) is 6.42 Å². The minimum Gasteiger partial charge on any atom is -0.508 e. The van der Waals surface area contributed by atoms with Gasteiger partial charge in [-0.3, -0.25) is 0 Å². The zero-order valence-electron chi connectivity index (χ0n) is 18.2. The van der Waals surface area contributed by atoms with Crippen LogP contribution in [0.4, 0.5) is 0 Å². The van der Waals surface area contributed by atoms with Gasteiger partial charge in [-0.1, -0.05) is 63.3 Å². The number of phenolic OH excluding ortho intramolecular Hbond substituents is 2. The first-order chi connectivity index (χ1) is 14.6. The first-order valence-corrected chi connectivity index (χ1v) is 11.4. The van der Waals surface area contributed by atoms with Crippen LogP contribution in [0.25, 0.3) is 10.8 Å². The third-order valence-electron chi connectivity index (χ3n) is 5.25. The van der Waals surface area contributed by atoms with E-state index in [-0.39, 0.29) is 16.9 Å². The highest BCUT2D eigenvalue weighted by Gasteiger charge is 2.10. The van der Waals surface area contributed by atoms with Crippen molar-refractivity contribution in [1.29, 1.82) is 0 Å². The summed E-state index contributed by atoms with van der Waals surface area (Å²) < 4.78 is 5.32. The van der Waals surface area contributed by atoms with E-state index in [1.54, 1.807) is 6.07 Å². The van der Waals surface area contributed by atoms with Gasteiger partial charge in [-0.25, -0.2) is 4.79 Å². The average molecular weight is 413 g/mol.